The first kappa shape index (κ1) is 19.6. The van der Waals surface area contributed by atoms with Crippen LogP contribution in [0.25, 0.3) is 10.9 Å². The van der Waals surface area contributed by atoms with Gasteiger partial charge in [-0.25, -0.2) is 4.79 Å². The van der Waals surface area contributed by atoms with Crippen LogP contribution in [0.3, 0.4) is 0 Å². The average molecular weight is 412 g/mol. The molecule has 7 heteroatoms. The molecule has 7 nitrogen and oxygen atoms in total. The number of carbonyl (C=O) groups excluding carboxylic acids is 2. The summed E-state index contributed by atoms with van der Waals surface area (Å²) >= 11 is 0. The fourth-order valence-electron chi connectivity index (χ4n) is 5.65. The van der Waals surface area contributed by atoms with E-state index in [-0.39, 0.29) is 17.4 Å². The third-order valence-corrected chi connectivity index (χ3v) is 6.72. The van der Waals surface area contributed by atoms with E-state index in [0.29, 0.717) is 19.4 Å². The Morgan fingerprint density at radius 2 is 1.97 bits per heavy atom. The molecule has 3 atom stereocenters. The van der Waals surface area contributed by atoms with Crippen LogP contribution in [0.1, 0.15) is 68.5 Å². The summed E-state index contributed by atoms with van der Waals surface area (Å²) in [5.41, 5.74) is 2.22. The second-order valence-electron chi connectivity index (χ2n) is 9.63. The highest BCUT2D eigenvalue weighted by atomic mass is 16.7. The summed E-state index contributed by atoms with van der Waals surface area (Å²) in [4.78, 5) is 31.3. The number of aromatic nitrogens is 1. The lowest BCUT2D eigenvalue weighted by Gasteiger charge is -2.44. The Bertz CT molecular complexity index is 1040. The van der Waals surface area contributed by atoms with Crippen LogP contribution in [0.4, 0.5) is 4.79 Å². The summed E-state index contributed by atoms with van der Waals surface area (Å²) < 4.78 is 13.3. The molecule has 1 aromatic carbocycles. The van der Waals surface area contributed by atoms with E-state index in [1.165, 1.54) is 0 Å². The van der Waals surface area contributed by atoms with E-state index in [0.717, 1.165) is 35.0 Å². The molecular formula is C23H28N2O5. The smallest absolute Gasteiger partial charge is 0.429 e. The first-order chi connectivity index (χ1) is 14.2. The van der Waals surface area contributed by atoms with Gasteiger partial charge >= 0.3 is 6.16 Å². The number of rotatable bonds is 2. The molecule has 1 fully saturated rings. The minimum absolute atomic E-state index is 0.138. The maximum atomic E-state index is 13.0. The molecule has 30 heavy (non-hydrogen) atoms. The summed E-state index contributed by atoms with van der Waals surface area (Å²) in [6, 6.07) is 7.72. The number of hydrogen-bond acceptors (Lipinski definition) is 6. The minimum Gasteiger partial charge on any atom is -0.429 e. The lowest BCUT2D eigenvalue weighted by atomic mass is 9.66. The number of carbonyl (C=O) groups is 2. The second kappa shape index (κ2) is 6.56. The highest BCUT2D eigenvalue weighted by Crippen LogP contribution is 2.57. The molecular weight excluding hydrogens is 384 g/mol. The van der Waals surface area contributed by atoms with Crippen molar-refractivity contribution in [2.75, 3.05) is 13.7 Å². The molecule has 0 radical (unpaired) electrons. The molecule has 3 aliphatic heterocycles. The monoisotopic (exact) mass is 412 g/mol. The minimum atomic E-state index is -0.662. The Hall–Kier alpha value is -2.38. The number of para-hydroxylation sites is 1. The molecule has 160 valence electrons. The Morgan fingerprint density at radius 3 is 2.70 bits per heavy atom. The molecule has 0 N–H and O–H groups in total. The molecule has 4 aliphatic rings. The predicted molar refractivity (Wildman–Crippen MR) is 110 cm³/mol. The molecule has 1 aliphatic carbocycles. The lowest BCUT2D eigenvalue weighted by Crippen LogP contribution is -2.46. The molecule has 1 saturated heterocycles. The normalized spacial score (nSPS) is 28.3. The van der Waals surface area contributed by atoms with E-state index in [1.54, 1.807) is 7.11 Å². The number of ether oxygens (including phenoxy) is 2. The molecule has 6 rings (SSSR count). The van der Waals surface area contributed by atoms with Gasteiger partial charge in [-0.2, -0.15) is 5.06 Å². The zero-order valence-electron chi connectivity index (χ0n) is 17.9. The van der Waals surface area contributed by atoms with Crippen LogP contribution >= 0.6 is 0 Å². The topological polar surface area (TPSA) is 70.0 Å². The van der Waals surface area contributed by atoms with Gasteiger partial charge in [0.15, 0.2) is 0 Å². The number of nitrogens with zero attached hydrogens (tertiary/aromatic N) is 2. The first-order valence-corrected chi connectivity index (χ1v) is 10.6. The summed E-state index contributed by atoms with van der Waals surface area (Å²) in [5.74, 6) is 0.138. The van der Waals surface area contributed by atoms with Crippen LogP contribution in [0.5, 0.6) is 0 Å². The number of hydroxylamine groups is 2. The van der Waals surface area contributed by atoms with Crippen molar-refractivity contribution in [1.29, 1.82) is 0 Å². The fraction of sp³-hybridized carbons (Fsp3) is 0.565. The predicted octanol–water partition coefficient (Wildman–Crippen LogP) is 4.35. The van der Waals surface area contributed by atoms with Crippen molar-refractivity contribution in [2.45, 2.75) is 69.6 Å². The van der Waals surface area contributed by atoms with Gasteiger partial charge in [-0.3, -0.25) is 9.36 Å². The molecule has 0 saturated carbocycles. The number of fused-ring (bicyclic) bond motifs is 5. The molecule has 2 bridgehead atoms. The van der Waals surface area contributed by atoms with Crippen LogP contribution < -0.4 is 0 Å². The summed E-state index contributed by atoms with van der Waals surface area (Å²) in [6.07, 6.45) is 1.68. The summed E-state index contributed by atoms with van der Waals surface area (Å²) in [6.45, 7) is 6.19. The summed E-state index contributed by atoms with van der Waals surface area (Å²) in [5, 5.41) is 2.94. The van der Waals surface area contributed by atoms with Crippen LogP contribution in [-0.2, 0) is 19.7 Å². The maximum Gasteiger partial charge on any atom is 0.509 e. The van der Waals surface area contributed by atoms with Crippen molar-refractivity contribution in [1.82, 2.24) is 9.63 Å². The van der Waals surface area contributed by atoms with Crippen LogP contribution in [0, 0.1) is 0 Å². The van der Waals surface area contributed by atoms with Gasteiger partial charge in [-0.05, 0) is 46.1 Å². The standard InChI is InChI=1S/C23H28N2O5/c1-22(2,3)30-21(27)29-16-13-23-10-9-17(26)25-15-8-6-5-7-14(15)18(20(23)25)19(16)24(28-4)12-11-23/h5-8,16,19H,9-13H2,1-4H3/t16-,19-,23+/m1/s1. The zero-order valence-corrected chi connectivity index (χ0v) is 17.9. The molecule has 1 spiro atoms. The van der Waals surface area contributed by atoms with Gasteiger partial charge in [0.05, 0.1) is 18.7 Å². The van der Waals surface area contributed by atoms with Gasteiger partial charge in [-0.1, -0.05) is 18.2 Å². The number of benzene rings is 1. The largest absolute Gasteiger partial charge is 0.509 e. The van der Waals surface area contributed by atoms with Crippen molar-refractivity contribution in [3.63, 3.8) is 0 Å². The van der Waals surface area contributed by atoms with Crippen LogP contribution in [0.2, 0.25) is 0 Å². The van der Waals surface area contributed by atoms with E-state index in [4.69, 9.17) is 14.3 Å². The van der Waals surface area contributed by atoms with Gasteiger partial charge in [0.2, 0.25) is 5.91 Å². The maximum absolute atomic E-state index is 13.0. The van der Waals surface area contributed by atoms with Crippen molar-refractivity contribution in [3.05, 3.63) is 35.5 Å². The van der Waals surface area contributed by atoms with Crippen LogP contribution in [0.15, 0.2) is 24.3 Å². The quantitative estimate of drug-likeness (QED) is 0.683. The molecule has 4 heterocycles. The van der Waals surface area contributed by atoms with Gasteiger partial charge < -0.3 is 14.3 Å². The third-order valence-electron chi connectivity index (χ3n) is 6.72. The SMILES string of the molecule is CON1CC[C@]23CCC(=O)n4c2c(c2ccccc24)[C@H]1[C@H](OC(=O)OC(C)(C)C)C3. The van der Waals surface area contributed by atoms with Crippen LogP contribution in [-0.4, -0.2) is 47.1 Å². The van der Waals surface area contributed by atoms with E-state index in [2.05, 4.69) is 6.07 Å². The molecule has 1 aromatic heterocycles. The van der Waals surface area contributed by atoms with Gasteiger partial charge in [0.25, 0.3) is 0 Å². The average Bonchev–Trinajstić information content (AvgIpc) is 2.86. The highest BCUT2D eigenvalue weighted by molar-refractivity contribution is 5.98. The highest BCUT2D eigenvalue weighted by Gasteiger charge is 2.56. The fourth-order valence-corrected chi connectivity index (χ4v) is 5.65. The number of hydrogen-bond donors (Lipinski definition) is 0. The Morgan fingerprint density at radius 1 is 1.20 bits per heavy atom. The third kappa shape index (κ3) is 2.79. The first-order valence-electron chi connectivity index (χ1n) is 10.6. The Labute approximate surface area is 175 Å². The van der Waals surface area contributed by atoms with Crippen molar-refractivity contribution in [2.24, 2.45) is 0 Å². The summed E-state index contributed by atoms with van der Waals surface area (Å²) in [7, 11) is 1.65. The van der Waals surface area contributed by atoms with E-state index in [9.17, 15) is 9.59 Å². The second-order valence-corrected chi connectivity index (χ2v) is 9.63. The van der Waals surface area contributed by atoms with Gasteiger partial charge in [-0.15, -0.1) is 0 Å². The van der Waals surface area contributed by atoms with E-state index < -0.39 is 17.9 Å². The van der Waals surface area contributed by atoms with Crippen molar-refractivity contribution < 1.29 is 23.9 Å². The van der Waals surface area contributed by atoms with Gasteiger partial charge in [0, 0.05) is 35.0 Å². The zero-order chi connectivity index (χ0) is 21.3. The van der Waals surface area contributed by atoms with Gasteiger partial charge in [0.1, 0.15) is 11.7 Å². The van der Waals surface area contributed by atoms with Crippen molar-refractivity contribution in [3.8, 4) is 0 Å². The lowest BCUT2D eigenvalue weighted by molar-refractivity contribution is -0.185. The van der Waals surface area contributed by atoms with Crippen molar-refractivity contribution >= 4 is 23.0 Å². The molecule has 0 amide bonds. The molecule has 2 aromatic rings. The molecule has 0 unspecified atom stereocenters. The van der Waals surface area contributed by atoms with E-state index in [1.807, 2.05) is 48.6 Å². The van der Waals surface area contributed by atoms with E-state index >= 15 is 0 Å². The Kier molecular flexibility index (Phi) is 4.28. The Balaban J connectivity index is 1.69.